The van der Waals surface area contributed by atoms with Gasteiger partial charge in [0.1, 0.15) is 0 Å². The molecular formula is C24H38O4. The molecule has 28 heavy (non-hydrogen) atoms. The Morgan fingerprint density at radius 3 is 2.29 bits per heavy atom. The van der Waals surface area contributed by atoms with Crippen molar-refractivity contribution in [1.29, 1.82) is 0 Å². The quantitative estimate of drug-likeness (QED) is 0.599. The smallest absolute Gasteiger partial charge is 0.317 e. The van der Waals surface area contributed by atoms with Crippen LogP contribution in [0.2, 0.25) is 0 Å². The zero-order chi connectivity index (χ0) is 20.1. The first kappa shape index (κ1) is 20.2. The molecule has 0 aromatic heterocycles. The summed E-state index contributed by atoms with van der Waals surface area (Å²) in [5, 5.41) is 18.5. The summed E-state index contributed by atoms with van der Waals surface area (Å²) >= 11 is 0. The molecule has 0 aliphatic heterocycles. The predicted molar refractivity (Wildman–Crippen MR) is 108 cm³/mol. The minimum atomic E-state index is -1.24. The molecule has 0 amide bonds. The first-order chi connectivity index (χ1) is 13.3. The Hall–Kier alpha value is -1.06. The fourth-order valence-corrected chi connectivity index (χ4v) is 8.60. The summed E-state index contributed by atoms with van der Waals surface area (Å²) in [6.07, 6.45) is 14.6. The van der Waals surface area contributed by atoms with Crippen molar-refractivity contribution in [2.24, 2.45) is 46.3 Å². The maximum atomic E-state index is 11.3. The van der Waals surface area contributed by atoms with Gasteiger partial charge in [0.15, 0.2) is 5.92 Å². The third kappa shape index (κ3) is 3.10. The van der Waals surface area contributed by atoms with E-state index in [0.717, 1.165) is 36.5 Å². The van der Waals surface area contributed by atoms with Crippen molar-refractivity contribution in [1.82, 2.24) is 0 Å². The highest BCUT2D eigenvalue weighted by Crippen LogP contribution is 2.67. The normalized spacial score (nSPS) is 45.2. The van der Waals surface area contributed by atoms with Crippen LogP contribution in [0.3, 0.4) is 0 Å². The van der Waals surface area contributed by atoms with Crippen molar-refractivity contribution < 1.29 is 19.8 Å². The fraction of sp³-hybridized carbons (Fsp3) is 0.917. The van der Waals surface area contributed by atoms with Crippen molar-refractivity contribution in [2.45, 2.75) is 90.9 Å². The van der Waals surface area contributed by atoms with E-state index in [4.69, 9.17) is 0 Å². The highest BCUT2D eigenvalue weighted by Gasteiger charge is 2.59. The van der Waals surface area contributed by atoms with Gasteiger partial charge in [0.25, 0.3) is 0 Å². The number of hydrogen-bond donors (Lipinski definition) is 2. The molecule has 0 spiro atoms. The van der Waals surface area contributed by atoms with E-state index in [1.165, 1.54) is 57.8 Å². The van der Waals surface area contributed by atoms with Crippen LogP contribution in [0.25, 0.3) is 0 Å². The lowest BCUT2D eigenvalue weighted by molar-refractivity contribution is -0.155. The monoisotopic (exact) mass is 390 g/mol. The minimum absolute atomic E-state index is 0.283. The van der Waals surface area contributed by atoms with Gasteiger partial charge in [0.2, 0.25) is 0 Å². The molecule has 2 N–H and O–H groups in total. The fourth-order valence-electron chi connectivity index (χ4n) is 8.60. The lowest BCUT2D eigenvalue weighted by atomic mass is 9.45. The largest absolute Gasteiger partial charge is 0.481 e. The molecule has 4 aliphatic rings. The molecule has 4 fully saturated rings. The van der Waals surface area contributed by atoms with Gasteiger partial charge in [-0.2, -0.15) is 0 Å². The molecule has 0 bridgehead atoms. The average molecular weight is 391 g/mol. The Balaban J connectivity index is 1.48. The second-order valence-electron chi connectivity index (χ2n) is 11.0. The van der Waals surface area contributed by atoms with Crippen LogP contribution in [0, 0.1) is 46.3 Å². The number of carboxylic acid groups (broad SMARTS) is 2. The van der Waals surface area contributed by atoms with Gasteiger partial charge in [-0.05, 0) is 105 Å². The first-order valence-corrected chi connectivity index (χ1v) is 11.7. The highest BCUT2D eigenvalue weighted by molar-refractivity contribution is 5.92. The lowest BCUT2D eigenvalue weighted by Crippen LogP contribution is -2.52. The third-order valence-corrected chi connectivity index (χ3v) is 10.2. The van der Waals surface area contributed by atoms with E-state index < -0.39 is 17.9 Å². The maximum absolute atomic E-state index is 11.3. The van der Waals surface area contributed by atoms with Crippen molar-refractivity contribution in [3.05, 3.63) is 0 Å². The van der Waals surface area contributed by atoms with Gasteiger partial charge in [-0.3, -0.25) is 9.59 Å². The summed E-state index contributed by atoms with van der Waals surface area (Å²) in [4.78, 5) is 22.6. The van der Waals surface area contributed by atoms with Crippen molar-refractivity contribution in [3.8, 4) is 0 Å². The minimum Gasteiger partial charge on any atom is -0.481 e. The summed E-state index contributed by atoms with van der Waals surface area (Å²) in [7, 11) is 0. The number of aliphatic carboxylic acids is 2. The van der Waals surface area contributed by atoms with Crippen LogP contribution in [-0.4, -0.2) is 22.2 Å². The molecule has 0 aromatic carbocycles. The van der Waals surface area contributed by atoms with Gasteiger partial charge >= 0.3 is 11.9 Å². The number of carboxylic acids is 2. The molecule has 4 nitrogen and oxygen atoms in total. The van der Waals surface area contributed by atoms with Crippen LogP contribution < -0.4 is 0 Å². The zero-order valence-corrected chi connectivity index (χ0v) is 17.7. The van der Waals surface area contributed by atoms with E-state index in [9.17, 15) is 19.8 Å². The average Bonchev–Trinajstić information content (AvgIpc) is 2.97. The summed E-state index contributed by atoms with van der Waals surface area (Å²) in [6, 6.07) is 0. The number of hydrogen-bond acceptors (Lipinski definition) is 2. The second kappa shape index (κ2) is 7.32. The van der Waals surface area contributed by atoms with E-state index in [1.54, 1.807) is 0 Å². The van der Waals surface area contributed by atoms with Crippen LogP contribution in [0.5, 0.6) is 0 Å². The molecule has 4 aliphatic carbocycles. The van der Waals surface area contributed by atoms with Gasteiger partial charge in [0, 0.05) is 0 Å². The number of rotatable bonds is 5. The van der Waals surface area contributed by atoms with Crippen molar-refractivity contribution in [3.63, 3.8) is 0 Å². The molecule has 0 radical (unpaired) electrons. The Bertz CT molecular complexity index is 616. The van der Waals surface area contributed by atoms with Gasteiger partial charge in [-0.1, -0.05) is 26.7 Å². The Morgan fingerprint density at radius 1 is 0.857 bits per heavy atom. The van der Waals surface area contributed by atoms with Gasteiger partial charge in [-0.15, -0.1) is 0 Å². The number of fused-ring (bicyclic) bond motifs is 5. The Kier molecular flexibility index (Phi) is 5.29. The molecule has 7 atom stereocenters. The highest BCUT2D eigenvalue weighted by atomic mass is 16.4. The van der Waals surface area contributed by atoms with Gasteiger partial charge in [-0.25, -0.2) is 0 Å². The SMILES string of the molecule is CC12CCC3C(CCC4CCCC[C@@]43C)C1CC[C@@H]2CCC(C(=O)O)C(=O)O. The molecular weight excluding hydrogens is 352 g/mol. The first-order valence-electron chi connectivity index (χ1n) is 11.7. The van der Waals surface area contributed by atoms with Crippen molar-refractivity contribution >= 4 is 11.9 Å². The molecule has 0 heterocycles. The molecule has 158 valence electrons. The molecule has 0 saturated heterocycles. The number of carbonyl (C=O) groups is 2. The van der Waals surface area contributed by atoms with E-state index in [0.29, 0.717) is 16.7 Å². The summed E-state index contributed by atoms with van der Waals surface area (Å²) in [5.41, 5.74) is 0.846. The standard InChI is InChI=1S/C24H38O4/c1-23-13-4-3-5-15(23)6-9-17-19-11-8-16(24(19,2)14-12-20(17)23)7-10-18(21(25)26)22(27)28/h15-20H,3-14H2,1-2H3,(H,25,26)(H,27,28)/t15?,16-,17?,19?,20?,23-,24?/m0/s1. The van der Waals surface area contributed by atoms with E-state index in [-0.39, 0.29) is 6.42 Å². The predicted octanol–water partition coefficient (Wildman–Crippen LogP) is 5.60. The molecule has 4 rings (SSSR count). The lowest BCUT2D eigenvalue weighted by Gasteiger charge is -2.60. The van der Waals surface area contributed by atoms with E-state index in [1.807, 2.05) is 0 Å². The molecule has 0 aromatic rings. The van der Waals surface area contributed by atoms with Crippen LogP contribution in [0.1, 0.15) is 90.9 Å². The van der Waals surface area contributed by atoms with Gasteiger partial charge in [0.05, 0.1) is 0 Å². The Morgan fingerprint density at radius 2 is 1.57 bits per heavy atom. The van der Waals surface area contributed by atoms with Crippen LogP contribution in [0.15, 0.2) is 0 Å². The van der Waals surface area contributed by atoms with E-state index >= 15 is 0 Å². The van der Waals surface area contributed by atoms with Crippen molar-refractivity contribution in [2.75, 3.05) is 0 Å². The van der Waals surface area contributed by atoms with Crippen LogP contribution in [-0.2, 0) is 9.59 Å². The van der Waals surface area contributed by atoms with E-state index in [2.05, 4.69) is 13.8 Å². The molecule has 4 saturated carbocycles. The summed E-state index contributed by atoms with van der Waals surface area (Å²) in [5.74, 6) is 0.332. The molecule has 4 heteroatoms. The zero-order valence-electron chi connectivity index (χ0n) is 17.7. The summed E-state index contributed by atoms with van der Waals surface area (Å²) in [6.45, 7) is 5.06. The summed E-state index contributed by atoms with van der Waals surface area (Å²) < 4.78 is 0. The van der Waals surface area contributed by atoms with Crippen LogP contribution >= 0.6 is 0 Å². The second-order valence-corrected chi connectivity index (χ2v) is 11.0. The van der Waals surface area contributed by atoms with Gasteiger partial charge < -0.3 is 10.2 Å². The Labute approximate surface area is 169 Å². The van der Waals surface area contributed by atoms with Crippen LogP contribution in [0.4, 0.5) is 0 Å². The molecule has 5 unspecified atom stereocenters. The maximum Gasteiger partial charge on any atom is 0.317 e. The topological polar surface area (TPSA) is 74.6 Å². The third-order valence-electron chi connectivity index (χ3n) is 10.2.